The summed E-state index contributed by atoms with van der Waals surface area (Å²) in [6.07, 6.45) is 3.98. The van der Waals surface area contributed by atoms with Crippen LogP contribution in [0.5, 0.6) is 0 Å². The number of nitrogens with one attached hydrogen (secondary N) is 3. The standard InChI is InChI=1S/C18H34N4O3/c1-12-10-23-5-6-24-13(2)11-25-15-3-4-17-16(7-15)18(21-20-17)14-8-19-22(12)9-14/h12-21H,3-11H2,1-2H3/t12-,13+,14?,15?,16?,17?,18?/m1/s1. The van der Waals surface area contributed by atoms with Crippen LogP contribution in [0, 0.1) is 11.8 Å². The van der Waals surface area contributed by atoms with Crippen molar-refractivity contribution in [2.45, 2.75) is 63.4 Å². The maximum absolute atomic E-state index is 6.20. The maximum Gasteiger partial charge on any atom is 0.0781 e. The summed E-state index contributed by atoms with van der Waals surface area (Å²) in [5, 5.41) is 2.35. The van der Waals surface area contributed by atoms with E-state index in [1.54, 1.807) is 0 Å². The molecule has 3 heterocycles. The van der Waals surface area contributed by atoms with Gasteiger partial charge in [0.1, 0.15) is 0 Å². The predicted molar refractivity (Wildman–Crippen MR) is 94.8 cm³/mol. The Morgan fingerprint density at radius 1 is 1.00 bits per heavy atom. The van der Waals surface area contributed by atoms with Crippen molar-refractivity contribution in [3.05, 3.63) is 0 Å². The topological polar surface area (TPSA) is 67.0 Å². The fourth-order valence-electron chi connectivity index (χ4n) is 4.83. The van der Waals surface area contributed by atoms with Gasteiger partial charge in [-0.3, -0.25) is 16.3 Å². The minimum atomic E-state index is 0.129. The van der Waals surface area contributed by atoms with Gasteiger partial charge in [0.2, 0.25) is 0 Å². The largest absolute Gasteiger partial charge is 0.377 e. The van der Waals surface area contributed by atoms with E-state index in [2.05, 4.69) is 35.1 Å². The Kier molecular flexibility index (Phi) is 5.91. The van der Waals surface area contributed by atoms with Gasteiger partial charge in [-0.15, -0.1) is 0 Å². The lowest BCUT2D eigenvalue weighted by Gasteiger charge is -2.35. The van der Waals surface area contributed by atoms with Crippen molar-refractivity contribution in [1.29, 1.82) is 0 Å². The second kappa shape index (κ2) is 8.17. The van der Waals surface area contributed by atoms with E-state index in [4.69, 9.17) is 14.2 Å². The number of ether oxygens (including phenoxy) is 3. The van der Waals surface area contributed by atoms with E-state index in [1.807, 2.05) is 0 Å². The minimum Gasteiger partial charge on any atom is -0.377 e. The van der Waals surface area contributed by atoms with Gasteiger partial charge in [-0.2, -0.15) is 0 Å². The van der Waals surface area contributed by atoms with E-state index in [0.717, 1.165) is 32.5 Å². The Labute approximate surface area is 151 Å². The van der Waals surface area contributed by atoms with Gasteiger partial charge in [-0.1, -0.05) is 0 Å². The Balaban J connectivity index is 1.44. The van der Waals surface area contributed by atoms with Crippen molar-refractivity contribution in [2.75, 3.05) is 39.5 Å². The number of rotatable bonds is 0. The predicted octanol–water partition coefficient (Wildman–Crippen LogP) is 0.277. The summed E-state index contributed by atoms with van der Waals surface area (Å²) in [5.41, 5.74) is 10.8. The summed E-state index contributed by atoms with van der Waals surface area (Å²) in [7, 11) is 0. The Hall–Kier alpha value is -0.280. The second-order valence-electron chi connectivity index (χ2n) is 8.23. The van der Waals surface area contributed by atoms with Gasteiger partial charge in [0.25, 0.3) is 0 Å². The van der Waals surface area contributed by atoms with E-state index in [1.165, 1.54) is 6.42 Å². The number of fused-ring (bicyclic) bond motifs is 4. The maximum atomic E-state index is 6.20. The molecule has 4 bridgehead atoms. The average Bonchev–Trinajstić information content (AvgIpc) is 3.25. The summed E-state index contributed by atoms with van der Waals surface area (Å²) >= 11 is 0. The van der Waals surface area contributed by atoms with Crippen molar-refractivity contribution in [3.8, 4) is 0 Å². The third-order valence-electron chi connectivity index (χ3n) is 6.33. The molecule has 1 aliphatic carbocycles. The lowest BCUT2D eigenvalue weighted by Crippen LogP contribution is -2.44. The molecule has 0 aromatic carbocycles. The van der Waals surface area contributed by atoms with Crippen molar-refractivity contribution < 1.29 is 14.2 Å². The van der Waals surface area contributed by atoms with Crippen molar-refractivity contribution in [3.63, 3.8) is 0 Å². The third-order valence-corrected chi connectivity index (χ3v) is 6.33. The van der Waals surface area contributed by atoms with Crippen LogP contribution >= 0.6 is 0 Å². The molecular weight excluding hydrogens is 320 g/mol. The third kappa shape index (κ3) is 4.18. The van der Waals surface area contributed by atoms with Crippen LogP contribution < -0.4 is 16.3 Å². The minimum absolute atomic E-state index is 0.129. The lowest BCUT2D eigenvalue weighted by atomic mass is 9.76. The molecule has 0 amide bonds. The normalized spacial score (nSPS) is 49.2. The molecule has 25 heavy (non-hydrogen) atoms. The quantitative estimate of drug-likeness (QED) is 0.577. The second-order valence-corrected chi connectivity index (χ2v) is 8.23. The van der Waals surface area contributed by atoms with Gasteiger partial charge in [-0.25, -0.2) is 5.01 Å². The molecule has 7 heteroatoms. The molecule has 3 aliphatic heterocycles. The Morgan fingerprint density at radius 3 is 2.84 bits per heavy atom. The summed E-state index contributed by atoms with van der Waals surface area (Å²) < 4.78 is 17.8. The summed E-state index contributed by atoms with van der Waals surface area (Å²) in [5.74, 6) is 1.28. The molecule has 144 valence electrons. The first-order valence-corrected chi connectivity index (χ1v) is 10.0. The summed E-state index contributed by atoms with van der Waals surface area (Å²) in [6, 6.07) is 1.48. The first kappa shape index (κ1) is 18.1. The fourth-order valence-corrected chi connectivity index (χ4v) is 4.83. The number of hydrogen-bond acceptors (Lipinski definition) is 7. The molecule has 3 N–H and O–H groups in total. The van der Waals surface area contributed by atoms with Gasteiger partial charge in [0.15, 0.2) is 0 Å². The van der Waals surface area contributed by atoms with Crippen LogP contribution in [-0.2, 0) is 14.2 Å². The molecule has 7 nitrogen and oxygen atoms in total. The van der Waals surface area contributed by atoms with Gasteiger partial charge in [0.05, 0.1) is 38.6 Å². The first-order chi connectivity index (χ1) is 12.2. The van der Waals surface area contributed by atoms with Crippen molar-refractivity contribution in [2.24, 2.45) is 11.8 Å². The highest BCUT2D eigenvalue weighted by atomic mass is 16.6. The van der Waals surface area contributed by atoms with Crippen LogP contribution in [0.2, 0.25) is 0 Å². The number of hydrazine groups is 2. The molecule has 4 fully saturated rings. The highest BCUT2D eigenvalue weighted by Crippen LogP contribution is 2.35. The van der Waals surface area contributed by atoms with Gasteiger partial charge in [-0.05, 0) is 39.0 Å². The van der Waals surface area contributed by atoms with Crippen LogP contribution in [0.25, 0.3) is 0 Å². The van der Waals surface area contributed by atoms with E-state index in [9.17, 15) is 0 Å². The zero-order valence-corrected chi connectivity index (χ0v) is 15.6. The van der Waals surface area contributed by atoms with Crippen LogP contribution in [-0.4, -0.2) is 74.9 Å². The first-order valence-electron chi connectivity index (χ1n) is 10.0. The van der Waals surface area contributed by atoms with Gasteiger partial charge < -0.3 is 14.2 Å². The van der Waals surface area contributed by atoms with Crippen LogP contribution in [0.4, 0.5) is 0 Å². The Bertz CT molecular complexity index is 441. The molecule has 1 saturated carbocycles. The van der Waals surface area contributed by atoms with Crippen LogP contribution in [0.1, 0.15) is 33.1 Å². The summed E-state index contributed by atoms with van der Waals surface area (Å²) in [4.78, 5) is 0. The number of nitrogens with zero attached hydrogens (tertiary/aromatic N) is 1. The molecule has 8 atom stereocenters. The van der Waals surface area contributed by atoms with Crippen LogP contribution in [0.3, 0.4) is 0 Å². The molecule has 0 radical (unpaired) electrons. The van der Waals surface area contributed by atoms with Gasteiger partial charge >= 0.3 is 0 Å². The SMILES string of the molecule is C[C@@H]1COCCO[C@@H](C)COC2CCC3NNC(C4CNN1C4)C3C2. The van der Waals surface area contributed by atoms with E-state index >= 15 is 0 Å². The average molecular weight is 354 g/mol. The Morgan fingerprint density at radius 2 is 1.92 bits per heavy atom. The molecule has 4 aliphatic rings. The monoisotopic (exact) mass is 354 g/mol. The van der Waals surface area contributed by atoms with E-state index in [0.29, 0.717) is 55.9 Å². The number of hydrogen-bond donors (Lipinski definition) is 3. The molecular formula is C18H34N4O3. The molecule has 0 aromatic heterocycles. The van der Waals surface area contributed by atoms with Gasteiger partial charge in [0, 0.05) is 37.1 Å². The zero-order chi connectivity index (χ0) is 17.2. The molecule has 6 unspecified atom stereocenters. The van der Waals surface area contributed by atoms with Crippen molar-refractivity contribution in [1.82, 2.24) is 21.3 Å². The highest BCUT2D eigenvalue weighted by Gasteiger charge is 2.45. The van der Waals surface area contributed by atoms with E-state index in [-0.39, 0.29) is 6.10 Å². The smallest absolute Gasteiger partial charge is 0.0781 e. The molecule has 3 saturated heterocycles. The molecule has 4 rings (SSSR count). The fraction of sp³-hybridized carbons (Fsp3) is 1.00. The van der Waals surface area contributed by atoms with E-state index < -0.39 is 0 Å². The highest BCUT2D eigenvalue weighted by molar-refractivity contribution is 5.00. The zero-order valence-electron chi connectivity index (χ0n) is 15.6. The van der Waals surface area contributed by atoms with Crippen molar-refractivity contribution >= 4 is 0 Å². The van der Waals surface area contributed by atoms with Crippen LogP contribution in [0.15, 0.2) is 0 Å². The molecule has 0 aromatic rings. The summed E-state index contributed by atoms with van der Waals surface area (Å²) in [6.45, 7) is 9.14. The molecule has 0 spiro atoms. The lowest BCUT2D eigenvalue weighted by molar-refractivity contribution is -0.0686.